The second-order valence-electron chi connectivity index (χ2n) is 3.91. The van der Waals surface area contributed by atoms with Gasteiger partial charge in [0.25, 0.3) is 0 Å². The summed E-state index contributed by atoms with van der Waals surface area (Å²) in [5, 5.41) is -0.310. The van der Waals surface area contributed by atoms with Gasteiger partial charge in [-0.1, -0.05) is 17.7 Å². The zero-order valence-corrected chi connectivity index (χ0v) is 9.08. The highest BCUT2D eigenvalue weighted by Gasteiger charge is 2.34. The molecule has 0 amide bonds. The smallest absolute Gasteiger partial charge is 0.322 e. The van der Waals surface area contributed by atoms with Gasteiger partial charge in [0, 0.05) is 5.54 Å². The molecule has 0 aliphatic rings. The molecule has 1 nitrogen and oxygen atoms in total. The fraction of sp³-hybridized carbons (Fsp3) is 0.400. The minimum atomic E-state index is -4.45. The van der Waals surface area contributed by atoms with Crippen molar-refractivity contribution in [2.45, 2.75) is 25.6 Å². The number of hydrogen-bond donors (Lipinski definition) is 1. The van der Waals surface area contributed by atoms with E-state index < -0.39 is 17.3 Å². The van der Waals surface area contributed by atoms with E-state index in [-0.39, 0.29) is 5.02 Å². The molecule has 0 heterocycles. The van der Waals surface area contributed by atoms with Crippen LogP contribution in [-0.4, -0.2) is 0 Å². The number of hydrogen-bond acceptors (Lipinski definition) is 1. The molecule has 84 valence electrons. The van der Waals surface area contributed by atoms with Crippen LogP contribution in [0.4, 0.5) is 13.2 Å². The van der Waals surface area contributed by atoms with Gasteiger partial charge in [-0.25, -0.2) is 0 Å². The van der Waals surface area contributed by atoms with Gasteiger partial charge in [0.15, 0.2) is 0 Å². The summed E-state index contributed by atoms with van der Waals surface area (Å²) < 4.78 is 37.5. The summed E-state index contributed by atoms with van der Waals surface area (Å²) in [4.78, 5) is 0. The molecule has 0 spiro atoms. The SMILES string of the molecule is CC(C)(N)c1ccc(Cl)c(C(F)(F)F)c1. The maximum absolute atomic E-state index is 12.5. The van der Waals surface area contributed by atoms with Crippen LogP contribution in [0.5, 0.6) is 0 Å². The number of halogens is 4. The molecule has 0 saturated heterocycles. The van der Waals surface area contributed by atoms with Gasteiger partial charge in [0.1, 0.15) is 0 Å². The molecule has 0 unspecified atom stereocenters. The zero-order chi connectivity index (χ0) is 11.9. The van der Waals surface area contributed by atoms with Crippen LogP contribution in [0.1, 0.15) is 25.0 Å². The quantitative estimate of drug-likeness (QED) is 0.794. The van der Waals surface area contributed by atoms with E-state index in [0.717, 1.165) is 6.07 Å². The highest BCUT2D eigenvalue weighted by Crippen LogP contribution is 2.36. The molecule has 0 bridgehead atoms. The number of nitrogens with two attached hydrogens (primary N) is 1. The molecule has 1 aromatic rings. The molecule has 1 rings (SSSR count). The molecule has 0 saturated carbocycles. The third-order valence-electron chi connectivity index (χ3n) is 2.02. The van der Waals surface area contributed by atoms with Crippen molar-refractivity contribution < 1.29 is 13.2 Å². The van der Waals surface area contributed by atoms with Crippen molar-refractivity contribution in [3.63, 3.8) is 0 Å². The second-order valence-corrected chi connectivity index (χ2v) is 4.32. The Kier molecular flexibility index (Phi) is 3.03. The van der Waals surface area contributed by atoms with E-state index in [4.69, 9.17) is 17.3 Å². The lowest BCUT2D eigenvalue weighted by Gasteiger charge is -2.21. The van der Waals surface area contributed by atoms with Crippen LogP contribution in [-0.2, 0) is 11.7 Å². The van der Waals surface area contributed by atoms with Crippen molar-refractivity contribution in [3.05, 3.63) is 34.3 Å². The van der Waals surface area contributed by atoms with Gasteiger partial charge in [-0.2, -0.15) is 13.2 Å². The molecule has 0 aliphatic heterocycles. The summed E-state index contributed by atoms with van der Waals surface area (Å²) in [6.07, 6.45) is -4.45. The highest BCUT2D eigenvalue weighted by atomic mass is 35.5. The Labute approximate surface area is 91.0 Å². The molecule has 0 aliphatic carbocycles. The molecule has 0 atom stereocenters. The van der Waals surface area contributed by atoms with Crippen LogP contribution in [0, 0.1) is 0 Å². The van der Waals surface area contributed by atoms with Gasteiger partial charge >= 0.3 is 6.18 Å². The Morgan fingerprint density at radius 2 is 1.73 bits per heavy atom. The third kappa shape index (κ3) is 2.86. The summed E-state index contributed by atoms with van der Waals surface area (Å²) in [7, 11) is 0. The predicted octanol–water partition coefficient (Wildman–Crippen LogP) is 3.55. The van der Waals surface area contributed by atoms with E-state index in [9.17, 15) is 13.2 Å². The molecule has 15 heavy (non-hydrogen) atoms. The Morgan fingerprint density at radius 1 is 1.20 bits per heavy atom. The van der Waals surface area contributed by atoms with Crippen molar-refractivity contribution in [1.82, 2.24) is 0 Å². The van der Waals surface area contributed by atoms with E-state index >= 15 is 0 Å². The van der Waals surface area contributed by atoms with Crippen LogP contribution < -0.4 is 5.73 Å². The standard InChI is InChI=1S/C10H11ClF3N/c1-9(2,15)6-3-4-8(11)7(5-6)10(12,13)14/h3-5H,15H2,1-2H3. The molecule has 2 N–H and O–H groups in total. The lowest BCUT2D eigenvalue weighted by Crippen LogP contribution is -2.29. The van der Waals surface area contributed by atoms with Crippen molar-refractivity contribution in [2.75, 3.05) is 0 Å². The second kappa shape index (κ2) is 3.68. The highest BCUT2D eigenvalue weighted by molar-refractivity contribution is 6.31. The lowest BCUT2D eigenvalue weighted by molar-refractivity contribution is -0.137. The Bertz CT molecular complexity index is 366. The maximum atomic E-state index is 12.5. The van der Waals surface area contributed by atoms with E-state index in [1.54, 1.807) is 13.8 Å². The maximum Gasteiger partial charge on any atom is 0.417 e. The first kappa shape index (κ1) is 12.3. The van der Waals surface area contributed by atoms with E-state index in [1.165, 1.54) is 12.1 Å². The molecular formula is C10H11ClF3N. The molecule has 5 heteroatoms. The molecular weight excluding hydrogens is 227 g/mol. The molecule has 0 aromatic heterocycles. The Morgan fingerprint density at radius 3 is 2.13 bits per heavy atom. The normalized spacial score (nSPS) is 13.0. The summed E-state index contributed by atoms with van der Waals surface area (Å²) in [5.41, 5.74) is 4.45. The summed E-state index contributed by atoms with van der Waals surface area (Å²) >= 11 is 5.47. The topological polar surface area (TPSA) is 26.0 Å². The average Bonchev–Trinajstić information content (AvgIpc) is 2.00. The lowest BCUT2D eigenvalue weighted by atomic mass is 9.94. The Hall–Kier alpha value is -0.740. The van der Waals surface area contributed by atoms with Crippen molar-refractivity contribution in [1.29, 1.82) is 0 Å². The minimum absolute atomic E-state index is 0.310. The fourth-order valence-corrected chi connectivity index (χ4v) is 1.37. The summed E-state index contributed by atoms with van der Waals surface area (Å²) in [6, 6.07) is 3.70. The van der Waals surface area contributed by atoms with Crippen molar-refractivity contribution >= 4 is 11.6 Å². The van der Waals surface area contributed by atoms with Crippen LogP contribution in [0.2, 0.25) is 5.02 Å². The van der Waals surface area contributed by atoms with E-state index in [2.05, 4.69) is 0 Å². The van der Waals surface area contributed by atoms with Gasteiger partial charge < -0.3 is 5.73 Å². The van der Waals surface area contributed by atoms with Gasteiger partial charge in [-0.3, -0.25) is 0 Å². The van der Waals surface area contributed by atoms with E-state index in [0.29, 0.717) is 5.56 Å². The van der Waals surface area contributed by atoms with Crippen LogP contribution in [0.15, 0.2) is 18.2 Å². The number of benzene rings is 1. The van der Waals surface area contributed by atoms with Crippen molar-refractivity contribution in [3.8, 4) is 0 Å². The monoisotopic (exact) mass is 237 g/mol. The molecule has 0 fully saturated rings. The third-order valence-corrected chi connectivity index (χ3v) is 2.35. The minimum Gasteiger partial charge on any atom is -0.322 e. The molecule has 0 radical (unpaired) electrons. The first-order chi connectivity index (χ1) is 6.62. The largest absolute Gasteiger partial charge is 0.417 e. The average molecular weight is 238 g/mol. The van der Waals surface area contributed by atoms with E-state index in [1.807, 2.05) is 0 Å². The number of rotatable bonds is 1. The number of alkyl halides is 3. The van der Waals surface area contributed by atoms with Crippen LogP contribution in [0.3, 0.4) is 0 Å². The van der Waals surface area contributed by atoms with Crippen LogP contribution in [0.25, 0.3) is 0 Å². The molecule has 1 aromatic carbocycles. The fourth-order valence-electron chi connectivity index (χ4n) is 1.14. The van der Waals surface area contributed by atoms with Gasteiger partial charge in [-0.05, 0) is 31.5 Å². The predicted molar refractivity (Wildman–Crippen MR) is 53.7 cm³/mol. The van der Waals surface area contributed by atoms with Gasteiger partial charge in [-0.15, -0.1) is 0 Å². The first-order valence-corrected chi connectivity index (χ1v) is 4.66. The van der Waals surface area contributed by atoms with Gasteiger partial charge in [0.2, 0.25) is 0 Å². The Balaban J connectivity index is 3.30. The summed E-state index contributed by atoms with van der Waals surface area (Å²) in [6.45, 7) is 3.27. The summed E-state index contributed by atoms with van der Waals surface area (Å²) in [5.74, 6) is 0. The van der Waals surface area contributed by atoms with Crippen LogP contribution >= 0.6 is 11.6 Å². The zero-order valence-electron chi connectivity index (χ0n) is 8.32. The first-order valence-electron chi connectivity index (χ1n) is 4.28. The van der Waals surface area contributed by atoms with Crippen molar-refractivity contribution in [2.24, 2.45) is 5.73 Å². The van der Waals surface area contributed by atoms with Gasteiger partial charge in [0.05, 0.1) is 10.6 Å².